The monoisotopic (exact) mass is 214 g/mol. The Labute approximate surface area is 87.4 Å². The molecule has 1 unspecified atom stereocenters. The zero-order valence-corrected chi connectivity index (χ0v) is 8.56. The zero-order valence-electron chi connectivity index (χ0n) is 8.56. The number of methoxy groups -OCH3 is 1. The Morgan fingerprint density at radius 2 is 2.00 bits per heavy atom. The quantitative estimate of drug-likeness (QED) is 0.675. The van der Waals surface area contributed by atoms with Crippen LogP contribution in [0.1, 0.15) is 19.3 Å². The van der Waals surface area contributed by atoms with E-state index in [1.54, 1.807) is 0 Å². The molecule has 84 valence electrons. The summed E-state index contributed by atoms with van der Waals surface area (Å²) in [5.74, 6) is -2.57. The van der Waals surface area contributed by atoms with Crippen molar-refractivity contribution in [3.63, 3.8) is 0 Å². The highest BCUT2D eigenvalue weighted by Gasteiger charge is 2.55. The highest BCUT2D eigenvalue weighted by atomic mass is 16.5. The second-order valence-corrected chi connectivity index (χ2v) is 4.26. The molecule has 1 aliphatic heterocycles. The number of carbonyl (C=O) groups is 2. The largest absolute Gasteiger partial charge is 0.481 e. The van der Waals surface area contributed by atoms with Gasteiger partial charge >= 0.3 is 11.9 Å². The van der Waals surface area contributed by atoms with Gasteiger partial charge in [-0.1, -0.05) is 0 Å². The van der Waals surface area contributed by atoms with Gasteiger partial charge in [0.2, 0.25) is 0 Å². The summed E-state index contributed by atoms with van der Waals surface area (Å²) in [6.45, 7) is 0.667. The zero-order chi connectivity index (χ0) is 11.1. The lowest BCUT2D eigenvalue weighted by molar-refractivity contribution is -0.155. The van der Waals surface area contributed by atoms with E-state index < -0.39 is 23.8 Å². The third-order valence-corrected chi connectivity index (χ3v) is 3.46. The van der Waals surface area contributed by atoms with Crippen molar-refractivity contribution in [2.45, 2.75) is 24.9 Å². The number of esters is 1. The molecule has 2 aliphatic rings. The molecule has 0 aromatic rings. The van der Waals surface area contributed by atoms with E-state index in [2.05, 4.69) is 4.74 Å². The van der Waals surface area contributed by atoms with Crippen molar-refractivity contribution in [2.75, 3.05) is 13.7 Å². The van der Waals surface area contributed by atoms with Gasteiger partial charge in [-0.05, 0) is 19.3 Å². The van der Waals surface area contributed by atoms with Crippen molar-refractivity contribution < 1.29 is 24.2 Å². The van der Waals surface area contributed by atoms with Crippen LogP contribution in [0, 0.1) is 11.8 Å². The fourth-order valence-corrected chi connectivity index (χ4v) is 2.54. The summed E-state index contributed by atoms with van der Waals surface area (Å²) < 4.78 is 10.0. The van der Waals surface area contributed by atoms with Gasteiger partial charge in [0.15, 0.2) is 0 Å². The van der Waals surface area contributed by atoms with Gasteiger partial charge in [0.05, 0.1) is 31.2 Å². The summed E-state index contributed by atoms with van der Waals surface area (Å²) in [5, 5.41) is 9.02. The molecule has 0 aromatic carbocycles. The van der Waals surface area contributed by atoms with Gasteiger partial charge in [-0.3, -0.25) is 9.59 Å². The maximum Gasteiger partial charge on any atom is 0.309 e. The van der Waals surface area contributed by atoms with Crippen molar-refractivity contribution in [1.29, 1.82) is 0 Å². The third kappa shape index (κ3) is 1.61. The molecule has 1 spiro atoms. The van der Waals surface area contributed by atoms with Crippen LogP contribution in [0.5, 0.6) is 0 Å². The molecule has 3 atom stereocenters. The number of aliphatic carboxylic acids is 1. The summed E-state index contributed by atoms with van der Waals surface area (Å²) in [5.41, 5.74) is -0.359. The summed E-state index contributed by atoms with van der Waals surface area (Å²) in [6.07, 6.45) is 1.77. The van der Waals surface area contributed by atoms with Crippen LogP contribution in [0.4, 0.5) is 0 Å². The number of carboxylic acids is 1. The third-order valence-electron chi connectivity index (χ3n) is 3.46. The van der Waals surface area contributed by atoms with Crippen molar-refractivity contribution in [3.05, 3.63) is 0 Å². The van der Waals surface area contributed by atoms with Crippen molar-refractivity contribution >= 4 is 11.9 Å². The average Bonchev–Trinajstić information content (AvgIpc) is 2.56. The molecule has 15 heavy (non-hydrogen) atoms. The Balaban J connectivity index is 2.14. The van der Waals surface area contributed by atoms with E-state index >= 15 is 0 Å². The molecule has 1 saturated carbocycles. The predicted molar refractivity (Wildman–Crippen MR) is 49.2 cm³/mol. The predicted octanol–water partition coefficient (Wildman–Crippen LogP) is 0.429. The Hall–Kier alpha value is -1.10. The van der Waals surface area contributed by atoms with Gasteiger partial charge in [-0.2, -0.15) is 0 Å². The first kappa shape index (κ1) is 10.4. The van der Waals surface area contributed by atoms with Crippen LogP contribution < -0.4 is 0 Å². The molecule has 5 nitrogen and oxygen atoms in total. The highest BCUT2D eigenvalue weighted by molar-refractivity contribution is 5.82. The van der Waals surface area contributed by atoms with Crippen LogP contribution in [-0.4, -0.2) is 36.4 Å². The molecular formula is C10H14O5. The van der Waals surface area contributed by atoms with Gasteiger partial charge < -0.3 is 14.6 Å². The Kier molecular flexibility index (Phi) is 2.42. The highest BCUT2D eigenvalue weighted by Crippen LogP contribution is 2.48. The maximum absolute atomic E-state index is 11.4. The van der Waals surface area contributed by atoms with Crippen LogP contribution in [0.2, 0.25) is 0 Å². The first-order valence-corrected chi connectivity index (χ1v) is 5.02. The molecule has 0 amide bonds. The van der Waals surface area contributed by atoms with E-state index in [0.717, 1.165) is 6.42 Å². The molecule has 1 aliphatic carbocycles. The van der Waals surface area contributed by atoms with Crippen molar-refractivity contribution in [3.8, 4) is 0 Å². The number of carboxylic acid groups (broad SMARTS) is 1. The lowest BCUT2D eigenvalue weighted by atomic mass is 9.92. The molecule has 1 saturated heterocycles. The summed E-state index contributed by atoms with van der Waals surface area (Å²) in [7, 11) is 1.29. The molecule has 2 fully saturated rings. The normalized spacial score (nSPS) is 38.7. The summed E-state index contributed by atoms with van der Waals surface area (Å²) >= 11 is 0. The van der Waals surface area contributed by atoms with Crippen molar-refractivity contribution in [1.82, 2.24) is 0 Å². The topological polar surface area (TPSA) is 72.8 Å². The molecule has 2 rings (SSSR count). The van der Waals surface area contributed by atoms with E-state index in [0.29, 0.717) is 19.4 Å². The number of rotatable bonds is 2. The SMILES string of the molecule is COC(=O)[C@H]1CC2(CCO2)C[C@H]1C(=O)O. The van der Waals surface area contributed by atoms with Crippen LogP contribution in [0.15, 0.2) is 0 Å². The molecule has 0 bridgehead atoms. The van der Waals surface area contributed by atoms with Crippen LogP contribution >= 0.6 is 0 Å². The van der Waals surface area contributed by atoms with Crippen LogP contribution in [0.3, 0.4) is 0 Å². The first-order chi connectivity index (χ1) is 7.08. The molecule has 0 radical (unpaired) electrons. The average molecular weight is 214 g/mol. The minimum absolute atomic E-state index is 0.359. The number of ether oxygens (including phenoxy) is 2. The molecule has 5 heteroatoms. The van der Waals surface area contributed by atoms with E-state index in [1.807, 2.05) is 0 Å². The minimum atomic E-state index is -0.933. The van der Waals surface area contributed by atoms with E-state index in [1.165, 1.54) is 7.11 Å². The van der Waals surface area contributed by atoms with Crippen LogP contribution in [-0.2, 0) is 19.1 Å². The molecule has 1 heterocycles. The Bertz CT molecular complexity index is 294. The van der Waals surface area contributed by atoms with Gasteiger partial charge in [-0.25, -0.2) is 0 Å². The van der Waals surface area contributed by atoms with Crippen molar-refractivity contribution in [2.24, 2.45) is 11.8 Å². The number of hydrogen-bond acceptors (Lipinski definition) is 4. The van der Waals surface area contributed by atoms with E-state index in [4.69, 9.17) is 9.84 Å². The molecule has 0 aromatic heterocycles. The number of carbonyl (C=O) groups excluding carboxylic acids is 1. The smallest absolute Gasteiger partial charge is 0.309 e. The van der Waals surface area contributed by atoms with E-state index in [-0.39, 0.29) is 5.60 Å². The standard InChI is InChI=1S/C10H14O5/c1-14-9(13)7-5-10(2-3-15-10)4-6(7)8(11)12/h6-7H,2-5H2,1H3,(H,11,12)/t6-,7+,10?/m1/s1. The second kappa shape index (κ2) is 3.48. The minimum Gasteiger partial charge on any atom is -0.481 e. The Morgan fingerprint density at radius 3 is 2.40 bits per heavy atom. The fraction of sp³-hybridized carbons (Fsp3) is 0.800. The van der Waals surface area contributed by atoms with Gasteiger partial charge in [0, 0.05) is 0 Å². The van der Waals surface area contributed by atoms with E-state index in [9.17, 15) is 9.59 Å². The van der Waals surface area contributed by atoms with Gasteiger partial charge in [0.25, 0.3) is 0 Å². The maximum atomic E-state index is 11.4. The fourth-order valence-electron chi connectivity index (χ4n) is 2.54. The lowest BCUT2D eigenvalue weighted by Crippen LogP contribution is -2.41. The molecule has 1 N–H and O–H groups in total. The summed E-state index contributed by atoms with van der Waals surface area (Å²) in [6, 6.07) is 0. The number of hydrogen-bond donors (Lipinski definition) is 1. The lowest BCUT2D eigenvalue weighted by Gasteiger charge is -2.38. The summed E-state index contributed by atoms with van der Waals surface area (Å²) in [4.78, 5) is 22.4. The second-order valence-electron chi connectivity index (χ2n) is 4.26. The van der Waals surface area contributed by atoms with Crippen LogP contribution in [0.25, 0.3) is 0 Å². The van der Waals surface area contributed by atoms with Gasteiger partial charge in [-0.15, -0.1) is 0 Å². The Morgan fingerprint density at radius 1 is 1.40 bits per heavy atom. The first-order valence-electron chi connectivity index (χ1n) is 5.02. The molecular weight excluding hydrogens is 200 g/mol. The van der Waals surface area contributed by atoms with Gasteiger partial charge in [0.1, 0.15) is 0 Å².